The van der Waals surface area contributed by atoms with Crippen LogP contribution in [-0.4, -0.2) is 131 Å². The van der Waals surface area contributed by atoms with Crippen LogP contribution in [0.15, 0.2) is 0 Å². The van der Waals surface area contributed by atoms with Gasteiger partial charge in [-0.3, -0.25) is 33.6 Å². The summed E-state index contributed by atoms with van der Waals surface area (Å²) < 4.78 is 63.4. The van der Waals surface area contributed by atoms with Gasteiger partial charge in [0.25, 0.3) is 0 Å². The first-order valence-corrected chi connectivity index (χ1v) is 22.9. The van der Waals surface area contributed by atoms with Crippen LogP contribution in [0, 0.1) is 0 Å². The van der Waals surface area contributed by atoms with Crippen LogP contribution in [0.4, 0.5) is 0 Å². The minimum absolute atomic E-state index is 0.204. The number of rotatable bonds is 22. The molecular weight excluding hydrogens is 772 g/mol. The smallest absolute Gasteiger partial charge is 0.303 e. The van der Waals surface area contributed by atoms with Crippen LogP contribution in [0.1, 0.15) is 93.9 Å². The van der Waals surface area contributed by atoms with Crippen molar-refractivity contribution in [3.05, 3.63) is 0 Å². The SMILES string of the molecule is CCCCCCCC[Si](C)(C)CCO[C@@H]1O[C@H](COC(C)=O)[C@@H](O[C@@H]2O[C@H](COC(C)=O)[C@H](OC(C)=O)[C@H](OC(C)=O)[C@H]2OC(C)=O)[C@H](OC(C)=O)[C@H]1OC(C)=O. The molecule has 0 aromatic rings. The molecule has 18 nitrogen and oxygen atoms in total. The van der Waals surface area contributed by atoms with Crippen molar-refractivity contribution in [2.75, 3.05) is 19.8 Å². The van der Waals surface area contributed by atoms with Crippen LogP contribution in [0.2, 0.25) is 25.2 Å². The number of unbranched alkanes of at least 4 members (excludes halogenated alkanes) is 5. The van der Waals surface area contributed by atoms with Gasteiger partial charge in [-0.2, -0.15) is 0 Å². The van der Waals surface area contributed by atoms with Crippen LogP contribution in [-0.2, 0) is 85.7 Å². The van der Waals surface area contributed by atoms with E-state index in [0.29, 0.717) is 0 Å². The summed E-state index contributed by atoms with van der Waals surface area (Å²) in [6, 6.07) is 1.81. The molecule has 2 aliphatic heterocycles. The normalized spacial score (nSPS) is 27.3. The van der Waals surface area contributed by atoms with E-state index in [1.54, 1.807) is 0 Å². The number of hydrogen-bond donors (Lipinski definition) is 0. The Balaban J connectivity index is 2.57. The van der Waals surface area contributed by atoms with Crippen molar-refractivity contribution < 1.29 is 85.7 Å². The van der Waals surface area contributed by atoms with Gasteiger partial charge >= 0.3 is 41.8 Å². The summed E-state index contributed by atoms with van der Waals surface area (Å²) in [5.74, 6) is -5.64. The Bertz CT molecular complexity index is 1350. The van der Waals surface area contributed by atoms with E-state index in [1.165, 1.54) is 25.7 Å². The molecule has 57 heavy (non-hydrogen) atoms. The zero-order valence-corrected chi connectivity index (χ0v) is 35.9. The van der Waals surface area contributed by atoms with Crippen LogP contribution >= 0.6 is 0 Å². The topological polar surface area (TPSA) is 221 Å². The molecule has 2 rings (SSSR count). The molecule has 0 N–H and O–H groups in total. The van der Waals surface area contributed by atoms with Gasteiger partial charge in [0.15, 0.2) is 43.1 Å². The summed E-state index contributed by atoms with van der Waals surface area (Å²) in [5.41, 5.74) is 0. The van der Waals surface area contributed by atoms with Crippen molar-refractivity contribution in [3.63, 3.8) is 0 Å². The molecule has 0 amide bonds. The van der Waals surface area contributed by atoms with Gasteiger partial charge in [-0.25, -0.2) is 0 Å². The van der Waals surface area contributed by atoms with Gasteiger partial charge in [0.1, 0.15) is 31.5 Å². The highest BCUT2D eigenvalue weighted by Gasteiger charge is 2.57. The first-order chi connectivity index (χ1) is 26.7. The highest BCUT2D eigenvalue weighted by Crippen LogP contribution is 2.36. The summed E-state index contributed by atoms with van der Waals surface area (Å²) in [4.78, 5) is 86.3. The summed E-state index contributed by atoms with van der Waals surface area (Å²) in [5, 5.41) is 0. The van der Waals surface area contributed by atoms with Crippen LogP contribution in [0.3, 0.4) is 0 Å². The standard InChI is InChI=1S/C38H62O18Si/c1-11-12-13-14-15-16-18-57(9,10)19-17-46-37-35(52-27(7)44)34(51-26(6)43)32(30(54-37)21-48-23(3)40)56-38-36(53-28(8)45)33(50-25(5)42)31(49-24(4)41)29(55-38)20-47-22(2)39/h29-38H,11-21H2,1-10H3/t29-,30-,31+,32-,33+,34+,35-,36-,37-,38+/m1/s1. The molecule has 0 unspecified atom stereocenters. The third-order valence-electron chi connectivity index (χ3n) is 9.15. The predicted molar refractivity (Wildman–Crippen MR) is 200 cm³/mol. The molecule has 0 saturated carbocycles. The molecule has 2 aliphatic rings. The lowest BCUT2D eigenvalue weighted by Gasteiger charge is -2.48. The quantitative estimate of drug-likeness (QED) is 0.0657. The largest absolute Gasteiger partial charge is 0.463 e. The minimum Gasteiger partial charge on any atom is -0.463 e. The lowest BCUT2D eigenvalue weighted by molar-refractivity contribution is -0.360. The number of hydrogen-bond acceptors (Lipinski definition) is 18. The Morgan fingerprint density at radius 1 is 0.474 bits per heavy atom. The van der Waals surface area contributed by atoms with E-state index in [4.69, 9.17) is 52.1 Å². The molecule has 326 valence electrons. The zero-order valence-electron chi connectivity index (χ0n) is 34.9. The highest BCUT2D eigenvalue weighted by molar-refractivity contribution is 6.77. The lowest BCUT2D eigenvalue weighted by Crippen LogP contribution is -2.67. The van der Waals surface area contributed by atoms with Crippen LogP contribution < -0.4 is 0 Å². The first kappa shape index (κ1) is 49.5. The second-order valence-corrected chi connectivity index (χ2v) is 20.3. The van der Waals surface area contributed by atoms with Crippen molar-refractivity contribution in [1.29, 1.82) is 0 Å². The fourth-order valence-corrected chi connectivity index (χ4v) is 8.69. The Morgan fingerprint density at radius 2 is 0.877 bits per heavy atom. The molecule has 0 aromatic carbocycles. The highest BCUT2D eigenvalue weighted by atomic mass is 28.3. The molecule has 2 heterocycles. The maximum Gasteiger partial charge on any atom is 0.303 e. The van der Waals surface area contributed by atoms with Gasteiger partial charge in [0.2, 0.25) is 0 Å². The third kappa shape index (κ3) is 17.8. The van der Waals surface area contributed by atoms with Gasteiger partial charge in [-0.1, -0.05) is 64.6 Å². The number of carbonyl (C=O) groups is 7. The number of carbonyl (C=O) groups excluding carboxylic acids is 7. The monoisotopic (exact) mass is 834 g/mol. The van der Waals surface area contributed by atoms with Gasteiger partial charge in [0.05, 0.1) is 0 Å². The van der Waals surface area contributed by atoms with Crippen LogP contribution in [0.5, 0.6) is 0 Å². The summed E-state index contributed by atoms with van der Waals surface area (Å²) in [6.07, 6.45) is -7.98. The fourth-order valence-electron chi connectivity index (χ4n) is 6.57. The lowest BCUT2D eigenvalue weighted by atomic mass is 9.96. The average Bonchev–Trinajstić information content (AvgIpc) is 3.08. The maximum absolute atomic E-state index is 12.7. The predicted octanol–water partition coefficient (Wildman–Crippen LogP) is 3.69. The fraction of sp³-hybridized carbons (Fsp3) is 0.816. The molecule has 0 aromatic heterocycles. The second-order valence-electron chi connectivity index (χ2n) is 15.0. The Morgan fingerprint density at radius 3 is 1.37 bits per heavy atom. The molecular formula is C38H62O18Si. The molecule has 0 bridgehead atoms. The van der Waals surface area contributed by atoms with Crippen molar-refractivity contribution in [3.8, 4) is 0 Å². The van der Waals surface area contributed by atoms with E-state index in [-0.39, 0.29) is 6.61 Å². The molecule has 10 atom stereocenters. The average molecular weight is 835 g/mol. The maximum atomic E-state index is 12.7. The van der Waals surface area contributed by atoms with E-state index in [0.717, 1.165) is 73.4 Å². The molecule has 19 heteroatoms. The van der Waals surface area contributed by atoms with Crippen molar-refractivity contribution >= 4 is 49.9 Å². The second kappa shape index (κ2) is 24.3. The van der Waals surface area contributed by atoms with E-state index in [9.17, 15) is 33.6 Å². The van der Waals surface area contributed by atoms with Gasteiger partial charge < -0.3 is 52.1 Å². The van der Waals surface area contributed by atoms with E-state index >= 15 is 0 Å². The van der Waals surface area contributed by atoms with Crippen LogP contribution in [0.25, 0.3) is 0 Å². The molecule has 2 saturated heterocycles. The molecule has 0 aliphatic carbocycles. The third-order valence-corrected chi connectivity index (χ3v) is 12.4. The van der Waals surface area contributed by atoms with Crippen molar-refractivity contribution in [1.82, 2.24) is 0 Å². The van der Waals surface area contributed by atoms with Gasteiger partial charge in [-0.15, -0.1) is 0 Å². The number of ether oxygens (including phenoxy) is 11. The summed E-state index contributed by atoms with van der Waals surface area (Å²) in [6.45, 7) is 13.6. The zero-order chi connectivity index (χ0) is 42.9. The van der Waals surface area contributed by atoms with E-state index in [1.807, 2.05) is 0 Å². The van der Waals surface area contributed by atoms with Gasteiger partial charge in [0, 0.05) is 63.1 Å². The Labute approximate surface area is 335 Å². The molecule has 2 fully saturated rings. The first-order valence-electron chi connectivity index (χ1n) is 19.4. The van der Waals surface area contributed by atoms with E-state index in [2.05, 4.69) is 20.0 Å². The van der Waals surface area contributed by atoms with Crippen molar-refractivity contribution in [2.45, 2.75) is 181 Å². The summed E-state index contributed by atoms with van der Waals surface area (Å²) in [7, 11) is -1.74. The molecule has 0 spiro atoms. The Hall–Kier alpha value is -3.65. The van der Waals surface area contributed by atoms with E-state index < -0.39 is 124 Å². The van der Waals surface area contributed by atoms with Gasteiger partial charge in [-0.05, 0) is 6.04 Å². The Kier molecular flexibility index (Phi) is 21.1. The number of esters is 7. The summed E-state index contributed by atoms with van der Waals surface area (Å²) >= 11 is 0. The molecule has 0 radical (unpaired) electrons. The van der Waals surface area contributed by atoms with Crippen molar-refractivity contribution in [2.24, 2.45) is 0 Å². The minimum atomic E-state index is -1.76.